The van der Waals surface area contributed by atoms with Crippen molar-refractivity contribution in [1.82, 2.24) is 29.2 Å². The van der Waals surface area contributed by atoms with E-state index in [1.807, 2.05) is 5.38 Å². The van der Waals surface area contributed by atoms with Gasteiger partial charge in [0.25, 0.3) is 5.56 Å². The molecule has 0 aromatic carbocycles. The van der Waals surface area contributed by atoms with Crippen LogP contribution in [0.15, 0.2) is 22.7 Å². The first kappa shape index (κ1) is 17.8. The van der Waals surface area contributed by atoms with Gasteiger partial charge in [-0.15, -0.1) is 11.3 Å². The summed E-state index contributed by atoms with van der Waals surface area (Å²) in [5, 5.41) is 9.71. The van der Waals surface area contributed by atoms with Crippen molar-refractivity contribution in [2.24, 2.45) is 7.05 Å². The van der Waals surface area contributed by atoms with Crippen molar-refractivity contribution >= 4 is 33.4 Å². The Morgan fingerprint density at radius 1 is 1.30 bits per heavy atom. The maximum atomic E-state index is 12.4. The fourth-order valence-electron chi connectivity index (χ4n) is 3.28. The van der Waals surface area contributed by atoms with E-state index in [9.17, 15) is 9.59 Å². The molecule has 4 heterocycles. The van der Waals surface area contributed by atoms with Gasteiger partial charge in [0, 0.05) is 19.0 Å². The zero-order valence-electron chi connectivity index (χ0n) is 15.1. The Kier molecular flexibility index (Phi) is 4.99. The van der Waals surface area contributed by atoms with Gasteiger partial charge in [0.15, 0.2) is 10.8 Å². The molecule has 0 atom stereocenters. The lowest BCUT2D eigenvalue weighted by atomic mass is 10.1. The quantitative estimate of drug-likeness (QED) is 0.707. The Morgan fingerprint density at radius 3 is 2.93 bits per heavy atom. The normalized spacial score (nSPS) is 15.3. The zero-order valence-corrected chi connectivity index (χ0v) is 15.9. The first-order valence-electron chi connectivity index (χ1n) is 8.94. The molecule has 10 heteroatoms. The summed E-state index contributed by atoms with van der Waals surface area (Å²) in [4.78, 5) is 35.8. The summed E-state index contributed by atoms with van der Waals surface area (Å²) in [6.45, 7) is 2.91. The molecule has 1 amide bonds. The summed E-state index contributed by atoms with van der Waals surface area (Å²) in [6.07, 6.45) is 6.60. The molecule has 0 spiro atoms. The van der Waals surface area contributed by atoms with Gasteiger partial charge >= 0.3 is 0 Å². The molecule has 1 aliphatic heterocycles. The van der Waals surface area contributed by atoms with E-state index in [2.05, 4.69) is 25.3 Å². The molecular weight excluding hydrogens is 366 g/mol. The second kappa shape index (κ2) is 7.57. The van der Waals surface area contributed by atoms with Gasteiger partial charge in [-0.3, -0.25) is 23.7 Å². The third-order valence-electron chi connectivity index (χ3n) is 4.66. The average molecular weight is 387 g/mol. The van der Waals surface area contributed by atoms with Crippen molar-refractivity contribution in [3.8, 4) is 0 Å². The Hall–Kier alpha value is -2.59. The van der Waals surface area contributed by atoms with E-state index < -0.39 is 0 Å². The Morgan fingerprint density at radius 2 is 2.11 bits per heavy atom. The van der Waals surface area contributed by atoms with E-state index in [-0.39, 0.29) is 18.0 Å². The summed E-state index contributed by atoms with van der Waals surface area (Å²) in [5.41, 5.74) is 1.18. The SMILES string of the molecule is Cn1ncc2c(=O)n(CC(=O)Nc3nc(CN4CCCCC4)cs3)cnc21. The van der Waals surface area contributed by atoms with E-state index in [1.54, 1.807) is 7.05 Å². The van der Waals surface area contributed by atoms with Gasteiger partial charge in [-0.2, -0.15) is 5.10 Å². The van der Waals surface area contributed by atoms with Crippen LogP contribution in [-0.2, 0) is 24.9 Å². The van der Waals surface area contributed by atoms with Gasteiger partial charge in [0.05, 0.1) is 11.9 Å². The molecule has 4 rings (SSSR count). The largest absolute Gasteiger partial charge is 0.300 e. The number of rotatable bonds is 5. The number of carbonyl (C=O) groups is 1. The number of piperidine rings is 1. The highest BCUT2D eigenvalue weighted by atomic mass is 32.1. The molecule has 1 saturated heterocycles. The molecule has 9 nitrogen and oxygen atoms in total. The third kappa shape index (κ3) is 3.91. The van der Waals surface area contributed by atoms with Crippen molar-refractivity contribution < 1.29 is 4.79 Å². The summed E-state index contributed by atoms with van der Waals surface area (Å²) in [5.74, 6) is -0.305. The molecule has 1 N–H and O–H groups in total. The number of hydrogen-bond donors (Lipinski definition) is 1. The van der Waals surface area contributed by atoms with Crippen LogP contribution in [0.1, 0.15) is 25.0 Å². The van der Waals surface area contributed by atoms with Crippen LogP contribution in [0, 0.1) is 0 Å². The molecule has 3 aromatic heterocycles. The lowest BCUT2D eigenvalue weighted by molar-refractivity contribution is -0.116. The molecule has 142 valence electrons. The van der Waals surface area contributed by atoms with Gasteiger partial charge in [0.2, 0.25) is 5.91 Å². The Bertz CT molecular complexity index is 1020. The first-order chi connectivity index (χ1) is 13.1. The lowest BCUT2D eigenvalue weighted by Crippen LogP contribution is -2.29. The van der Waals surface area contributed by atoms with Crippen LogP contribution in [-0.4, -0.2) is 48.2 Å². The summed E-state index contributed by atoms with van der Waals surface area (Å²) in [6, 6.07) is 0. The number of nitrogens with one attached hydrogen (secondary N) is 1. The first-order valence-corrected chi connectivity index (χ1v) is 9.82. The number of carbonyl (C=O) groups excluding carboxylic acids is 1. The van der Waals surface area contributed by atoms with Crippen LogP contribution in [0.4, 0.5) is 5.13 Å². The van der Waals surface area contributed by atoms with Gasteiger partial charge in [-0.25, -0.2) is 9.97 Å². The summed E-state index contributed by atoms with van der Waals surface area (Å²) >= 11 is 1.40. The molecule has 0 unspecified atom stereocenters. The maximum absolute atomic E-state index is 12.4. The molecule has 0 aliphatic carbocycles. The van der Waals surface area contributed by atoms with E-state index in [0.717, 1.165) is 25.3 Å². The molecule has 0 saturated carbocycles. The van der Waals surface area contributed by atoms with Crippen LogP contribution in [0.5, 0.6) is 0 Å². The Labute approximate surface area is 159 Å². The number of fused-ring (bicyclic) bond motifs is 1. The number of likely N-dealkylation sites (tertiary alicyclic amines) is 1. The number of amides is 1. The topological polar surface area (TPSA) is 97.9 Å². The highest BCUT2D eigenvalue weighted by molar-refractivity contribution is 7.13. The lowest BCUT2D eigenvalue weighted by Gasteiger charge is -2.25. The van der Waals surface area contributed by atoms with Crippen LogP contribution < -0.4 is 10.9 Å². The standard InChI is InChI=1S/C17H21N7O2S/c1-22-15-13(7-19-22)16(26)24(11-18-15)9-14(25)21-17-20-12(10-27-17)8-23-5-3-2-4-6-23/h7,10-11H,2-6,8-9H2,1H3,(H,20,21,25). The number of anilines is 1. The second-order valence-corrected chi connectivity index (χ2v) is 7.57. The van der Waals surface area contributed by atoms with Crippen molar-refractivity contribution in [2.45, 2.75) is 32.4 Å². The molecule has 3 aromatic rings. The van der Waals surface area contributed by atoms with E-state index in [4.69, 9.17) is 0 Å². The number of hydrogen-bond acceptors (Lipinski definition) is 7. The number of aryl methyl sites for hydroxylation is 1. The fourth-order valence-corrected chi connectivity index (χ4v) is 3.99. The second-order valence-electron chi connectivity index (χ2n) is 6.71. The molecule has 1 aliphatic rings. The van der Waals surface area contributed by atoms with Crippen LogP contribution in [0.25, 0.3) is 11.0 Å². The molecular formula is C17H21N7O2S. The molecule has 0 bridgehead atoms. The van der Waals surface area contributed by atoms with Gasteiger partial charge < -0.3 is 5.32 Å². The highest BCUT2D eigenvalue weighted by Crippen LogP contribution is 2.18. The van der Waals surface area contributed by atoms with Crippen molar-refractivity contribution in [2.75, 3.05) is 18.4 Å². The van der Waals surface area contributed by atoms with Crippen molar-refractivity contribution in [3.05, 3.63) is 34.0 Å². The molecule has 0 radical (unpaired) electrons. The predicted octanol–water partition coefficient (Wildman–Crippen LogP) is 1.21. The minimum Gasteiger partial charge on any atom is -0.300 e. The minimum absolute atomic E-state index is 0.113. The van der Waals surface area contributed by atoms with Crippen LogP contribution in [0.3, 0.4) is 0 Å². The van der Waals surface area contributed by atoms with E-state index in [0.29, 0.717) is 16.2 Å². The van der Waals surface area contributed by atoms with E-state index >= 15 is 0 Å². The van der Waals surface area contributed by atoms with Crippen molar-refractivity contribution in [1.29, 1.82) is 0 Å². The monoisotopic (exact) mass is 387 g/mol. The van der Waals surface area contributed by atoms with Crippen molar-refractivity contribution in [3.63, 3.8) is 0 Å². The number of thiazole rings is 1. The van der Waals surface area contributed by atoms with Gasteiger partial charge in [-0.1, -0.05) is 6.42 Å². The van der Waals surface area contributed by atoms with Gasteiger partial charge in [-0.05, 0) is 25.9 Å². The molecule has 1 fully saturated rings. The average Bonchev–Trinajstić information content (AvgIpc) is 3.25. The minimum atomic E-state index is -0.305. The Balaban J connectivity index is 1.39. The zero-order chi connectivity index (χ0) is 18.8. The van der Waals surface area contributed by atoms with E-state index in [1.165, 1.54) is 52.4 Å². The van der Waals surface area contributed by atoms with Crippen LogP contribution in [0.2, 0.25) is 0 Å². The predicted molar refractivity (Wildman–Crippen MR) is 103 cm³/mol. The summed E-state index contributed by atoms with van der Waals surface area (Å²) in [7, 11) is 1.72. The summed E-state index contributed by atoms with van der Waals surface area (Å²) < 4.78 is 2.81. The molecule has 27 heavy (non-hydrogen) atoms. The maximum Gasteiger partial charge on any atom is 0.264 e. The highest BCUT2D eigenvalue weighted by Gasteiger charge is 2.14. The smallest absolute Gasteiger partial charge is 0.264 e. The number of aromatic nitrogens is 5. The van der Waals surface area contributed by atoms with Gasteiger partial charge in [0.1, 0.15) is 18.3 Å². The fraction of sp³-hybridized carbons (Fsp3) is 0.471. The third-order valence-corrected chi connectivity index (χ3v) is 5.47. The number of nitrogens with zero attached hydrogens (tertiary/aromatic N) is 6. The van der Waals surface area contributed by atoms with Crippen LogP contribution >= 0.6 is 11.3 Å².